The fourth-order valence-corrected chi connectivity index (χ4v) is 1.41. The Balaban J connectivity index is 2.69. The largest absolute Gasteiger partial charge is 0.380 e. The summed E-state index contributed by atoms with van der Waals surface area (Å²) in [6.45, 7) is 7.29. The molecule has 18 heavy (non-hydrogen) atoms. The topological polar surface area (TPSA) is 46.2 Å². The zero-order valence-electron chi connectivity index (χ0n) is 11.5. The van der Waals surface area contributed by atoms with Gasteiger partial charge >= 0.3 is 0 Å². The second kappa shape index (κ2) is 7.28. The highest BCUT2D eigenvalue weighted by Gasteiger charge is 2.08. The first-order valence-corrected chi connectivity index (χ1v) is 6.17. The average molecular weight is 255 g/mol. The van der Waals surface area contributed by atoms with Gasteiger partial charge in [-0.05, 0) is 13.0 Å². The summed E-state index contributed by atoms with van der Waals surface area (Å²) in [5.74, 6) is 0.384. The first-order chi connectivity index (χ1) is 8.52. The Morgan fingerprint density at radius 3 is 2.72 bits per heavy atom. The Hall–Kier alpha value is -1.20. The summed E-state index contributed by atoms with van der Waals surface area (Å²) in [5, 5.41) is 6.43. The molecule has 1 aromatic heterocycles. The van der Waals surface area contributed by atoms with Crippen LogP contribution in [0.5, 0.6) is 0 Å². The second-order valence-corrected chi connectivity index (χ2v) is 4.62. The SMILES string of the molecule is COC(C)CNc1ncc(F)cc1CNC(C)C. The number of hydrogen-bond acceptors (Lipinski definition) is 4. The van der Waals surface area contributed by atoms with Gasteiger partial charge in [-0.3, -0.25) is 0 Å². The van der Waals surface area contributed by atoms with Gasteiger partial charge in [0.2, 0.25) is 0 Å². The van der Waals surface area contributed by atoms with Crippen molar-refractivity contribution in [2.75, 3.05) is 19.0 Å². The summed E-state index contributed by atoms with van der Waals surface area (Å²) < 4.78 is 18.3. The molecule has 0 aliphatic rings. The number of halogens is 1. The fourth-order valence-electron chi connectivity index (χ4n) is 1.41. The predicted octanol–water partition coefficient (Wildman–Crippen LogP) is 2.17. The highest BCUT2D eigenvalue weighted by molar-refractivity contribution is 5.44. The molecule has 4 nitrogen and oxygen atoms in total. The number of anilines is 1. The lowest BCUT2D eigenvalue weighted by Crippen LogP contribution is -2.24. The molecule has 0 fully saturated rings. The lowest BCUT2D eigenvalue weighted by Gasteiger charge is -2.15. The minimum Gasteiger partial charge on any atom is -0.380 e. The molecule has 1 rings (SSSR count). The van der Waals surface area contributed by atoms with E-state index < -0.39 is 0 Å². The Kier molecular flexibility index (Phi) is 6.01. The molecule has 1 unspecified atom stereocenters. The summed E-state index contributed by atoms with van der Waals surface area (Å²) in [6, 6.07) is 1.85. The van der Waals surface area contributed by atoms with Gasteiger partial charge in [0.15, 0.2) is 0 Å². The minimum absolute atomic E-state index is 0.0859. The van der Waals surface area contributed by atoms with Crippen LogP contribution in [0.25, 0.3) is 0 Å². The summed E-state index contributed by atoms with van der Waals surface area (Å²) >= 11 is 0. The van der Waals surface area contributed by atoms with Crippen molar-refractivity contribution >= 4 is 5.82 Å². The number of nitrogens with zero attached hydrogens (tertiary/aromatic N) is 1. The van der Waals surface area contributed by atoms with Gasteiger partial charge < -0.3 is 15.4 Å². The van der Waals surface area contributed by atoms with Crippen LogP contribution >= 0.6 is 0 Å². The van der Waals surface area contributed by atoms with E-state index in [0.29, 0.717) is 24.9 Å². The van der Waals surface area contributed by atoms with E-state index in [-0.39, 0.29) is 11.9 Å². The summed E-state index contributed by atoms with van der Waals surface area (Å²) in [7, 11) is 1.66. The fraction of sp³-hybridized carbons (Fsp3) is 0.615. The van der Waals surface area contributed by atoms with E-state index in [1.54, 1.807) is 7.11 Å². The Morgan fingerprint density at radius 1 is 1.39 bits per heavy atom. The van der Waals surface area contributed by atoms with E-state index in [2.05, 4.69) is 15.6 Å². The molecule has 2 N–H and O–H groups in total. The van der Waals surface area contributed by atoms with Crippen LogP contribution in [0.1, 0.15) is 26.3 Å². The Labute approximate surface area is 108 Å². The van der Waals surface area contributed by atoms with Crippen molar-refractivity contribution in [2.45, 2.75) is 39.5 Å². The number of hydrogen-bond donors (Lipinski definition) is 2. The van der Waals surface area contributed by atoms with E-state index in [1.165, 1.54) is 12.3 Å². The van der Waals surface area contributed by atoms with Crippen molar-refractivity contribution < 1.29 is 9.13 Å². The van der Waals surface area contributed by atoms with Crippen LogP contribution in [0.4, 0.5) is 10.2 Å². The Morgan fingerprint density at radius 2 is 2.11 bits per heavy atom. The predicted molar refractivity (Wildman–Crippen MR) is 71.1 cm³/mol. The first-order valence-electron chi connectivity index (χ1n) is 6.17. The molecule has 1 atom stereocenters. The van der Waals surface area contributed by atoms with Crippen LogP contribution in [0.2, 0.25) is 0 Å². The van der Waals surface area contributed by atoms with Gasteiger partial charge in [0.25, 0.3) is 0 Å². The van der Waals surface area contributed by atoms with E-state index in [0.717, 1.165) is 5.56 Å². The van der Waals surface area contributed by atoms with Gasteiger partial charge in [0.1, 0.15) is 11.6 Å². The number of pyridine rings is 1. The van der Waals surface area contributed by atoms with Crippen LogP contribution in [-0.2, 0) is 11.3 Å². The summed E-state index contributed by atoms with van der Waals surface area (Å²) in [6.07, 6.45) is 1.31. The average Bonchev–Trinajstić information content (AvgIpc) is 2.34. The highest BCUT2D eigenvalue weighted by Crippen LogP contribution is 2.14. The molecule has 0 saturated carbocycles. The van der Waals surface area contributed by atoms with Crippen molar-refractivity contribution in [3.63, 3.8) is 0 Å². The molecule has 102 valence electrons. The summed E-state index contributed by atoms with van der Waals surface area (Å²) in [5.41, 5.74) is 0.826. The zero-order chi connectivity index (χ0) is 13.5. The van der Waals surface area contributed by atoms with Gasteiger partial charge in [0.05, 0.1) is 12.3 Å². The van der Waals surface area contributed by atoms with Crippen LogP contribution < -0.4 is 10.6 Å². The number of methoxy groups -OCH3 is 1. The third-order valence-electron chi connectivity index (χ3n) is 2.59. The molecule has 0 bridgehead atoms. The van der Waals surface area contributed by atoms with Crippen molar-refractivity contribution in [3.8, 4) is 0 Å². The number of aromatic nitrogens is 1. The Bertz CT molecular complexity index is 371. The zero-order valence-corrected chi connectivity index (χ0v) is 11.5. The standard InChI is InChI=1S/C13H22FN3O/c1-9(2)15-7-11-5-12(14)8-17-13(11)16-6-10(3)18-4/h5,8-10,15H,6-7H2,1-4H3,(H,16,17). The molecule has 1 heterocycles. The van der Waals surface area contributed by atoms with E-state index in [9.17, 15) is 4.39 Å². The summed E-state index contributed by atoms with van der Waals surface area (Å²) in [4.78, 5) is 4.08. The maximum atomic E-state index is 13.2. The lowest BCUT2D eigenvalue weighted by molar-refractivity contribution is 0.128. The quantitative estimate of drug-likeness (QED) is 0.784. The molecule has 1 aromatic rings. The van der Waals surface area contributed by atoms with Crippen molar-refractivity contribution in [1.29, 1.82) is 0 Å². The van der Waals surface area contributed by atoms with Crippen molar-refractivity contribution in [3.05, 3.63) is 23.6 Å². The van der Waals surface area contributed by atoms with Gasteiger partial charge in [-0.15, -0.1) is 0 Å². The minimum atomic E-state index is -0.319. The number of ether oxygens (including phenoxy) is 1. The van der Waals surface area contributed by atoms with Gasteiger partial charge in [-0.1, -0.05) is 13.8 Å². The molecule has 0 aliphatic carbocycles. The molecule has 5 heteroatoms. The van der Waals surface area contributed by atoms with Crippen molar-refractivity contribution in [1.82, 2.24) is 10.3 Å². The van der Waals surface area contributed by atoms with Crippen LogP contribution in [0.15, 0.2) is 12.3 Å². The molecular weight excluding hydrogens is 233 g/mol. The van der Waals surface area contributed by atoms with Gasteiger partial charge in [-0.2, -0.15) is 0 Å². The molecule has 0 saturated heterocycles. The normalized spacial score (nSPS) is 12.8. The maximum absolute atomic E-state index is 13.2. The monoisotopic (exact) mass is 255 g/mol. The smallest absolute Gasteiger partial charge is 0.141 e. The van der Waals surface area contributed by atoms with Crippen LogP contribution in [0.3, 0.4) is 0 Å². The third kappa shape index (κ3) is 4.98. The first kappa shape index (κ1) is 14.9. The molecular formula is C13H22FN3O. The van der Waals surface area contributed by atoms with E-state index in [4.69, 9.17) is 4.74 Å². The highest BCUT2D eigenvalue weighted by atomic mass is 19.1. The van der Waals surface area contributed by atoms with Gasteiger partial charge in [-0.25, -0.2) is 9.37 Å². The van der Waals surface area contributed by atoms with Crippen molar-refractivity contribution in [2.24, 2.45) is 0 Å². The number of nitrogens with one attached hydrogen (secondary N) is 2. The molecule has 0 aliphatic heterocycles. The molecule has 0 aromatic carbocycles. The van der Waals surface area contributed by atoms with E-state index >= 15 is 0 Å². The molecule has 0 radical (unpaired) electrons. The molecule has 0 spiro atoms. The second-order valence-electron chi connectivity index (χ2n) is 4.62. The van der Waals surface area contributed by atoms with E-state index in [1.807, 2.05) is 20.8 Å². The van der Waals surface area contributed by atoms with Crippen LogP contribution in [-0.4, -0.2) is 30.8 Å². The lowest BCUT2D eigenvalue weighted by atomic mass is 10.2. The van der Waals surface area contributed by atoms with Crippen LogP contribution in [0, 0.1) is 5.82 Å². The van der Waals surface area contributed by atoms with Gasteiger partial charge in [0, 0.05) is 31.8 Å². The maximum Gasteiger partial charge on any atom is 0.141 e. The number of rotatable bonds is 7. The molecule has 0 amide bonds. The third-order valence-corrected chi connectivity index (χ3v) is 2.59.